The van der Waals surface area contributed by atoms with Gasteiger partial charge in [-0.25, -0.2) is 0 Å². The van der Waals surface area contributed by atoms with Crippen LogP contribution >= 0.6 is 11.3 Å². The maximum atomic E-state index is 11.7. The summed E-state index contributed by atoms with van der Waals surface area (Å²) in [6, 6.07) is 5.55. The summed E-state index contributed by atoms with van der Waals surface area (Å²) in [7, 11) is 0. The maximum Gasteiger partial charge on any atom is 0.246 e. The van der Waals surface area contributed by atoms with Gasteiger partial charge in [0.15, 0.2) is 5.69 Å². The van der Waals surface area contributed by atoms with Crippen molar-refractivity contribution >= 4 is 17.2 Å². The molecule has 0 atom stereocenters. The van der Waals surface area contributed by atoms with Crippen molar-refractivity contribution < 1.29 is 13.8 Å². The third-order valence-electron chi connectivity index (χ3n) is 2.68. The number of nitrogens with one attached hydrogen (secondary N) is 1. The lowest BCUT2D eigenvalue weighted by atomic mass is 10.3. The summed E-state index contributed by atoms with van der Waals surface area (Å²) in [6.45, 7) is 1.97. The number of hydrogen-bond acceptors (Lipinski definition) is 7. The number of nitrogens with zero attached hydrogens (tertiary/aromatic N) is 3. The van der Waals surface area contributed by atoms with Crippen LogP contribution in [0.2, 0.25) is 0 Å². The minimum absolute atomic E-state index is 0.0884. The summed E-state index contributed by atoms with van der Waals surface area (Å²) in [5, 5.41) is 12.3. The molecule has 0 unspecified atom stereocenters. The first-order valence-electron chi connectivity index (χ1n) is 6.26. The number of hydrogen-bond donors (Lipinski definition) is 1. The van der Waals surface area contributed by atoms with Gasteiger partial charge in [0.2, 0.25) is 17.6 Å². The van der Waals surface area contributed by atoms with Crippen LogP contribution in [0.1, 0.15) is 16.5 Å². The van der Waals surface area contributed by atoms with Gasteiger partial charge in [-0.1, -0.05) is 16.4 Å². The van der Waals surface area contributed by atoms with Gasteiger partial charge in [0, 0.05) is 10.9 Å². The summed E-state index contributed by atoms with van der Waals surface area (Å²) < 4.78 is 10.0. The van der Waals surface area contributed by atoms with Gasteiger partial charge < -0.3 is 14.4 Å². The average molecular weight is 304 g/mol. The molecular weight excluding hydrogens is 292 g/mol. The number of amides is 1. The Bertz CT molecular complexity index is 732. The first kappa shape index (κ1) is 13.5. The first-order valence-corrected chi connectivity index (χ1v) is 7.14. The van der Waals surface area contributed by atoms with Crippen LogP contribution in [0.25, 0.3) is 11.5 Å². The Balaban J connectivity index is 1.56. The molecule has 7 nitrogen and oxygen atoms in total. The lowest BCUT2D eigenvalue weighted by molar-refractivity contribution is -0.120. The second-order valence-electron chi connectivity index (χ2n) is 4.37. The predicted molar refractivity (Wildman–Crippen MR) is 74.4 cm³/mol. The van der Waals surface area contributed by atoms with Crippen molar-refractivity contribution in [2.24, 2.45) is 0 Å². The molecule has 0 saturated carbocycles. The van der Waals surface area contributed by atoms with Crippen LogP contribution < -0.4 is 5.32 Å². The molecule has 0 radical (unpaired) electrons. The molecule has 3 aromatic rings. The van der Waals surface area contributed by atoms with Crippen LogP contribution in [-0.2, 0) is 17.8 Å². The average Bonchev–Trinajstić information content (AvgIpc) is 3.17. The number of aryl methyl sites for hydroxylation is 1. The summed E-state index contributed by atoms with van der Waals surface area (Å²) >= 11 is 1.55. The molecule has 3 heterocycles. The van der Waals surface area contributed by atoms with Crippen LogP contribution in [0, 0.1) is 6.92 Å². The van der Waals surface area contributed by atoms with E-state index in [2.05, 4.69) is 20.6 Å². The largest absolute Gasteiger partial charge is 0.361 e. The number of rotatable bonds is 5. The molecule has 0 bridgehead atoms. The number of aromatic nitrogens is 3. The molecule has 1 amide bonds. The molecule has 21 heavy (non-hydrogen) atoms. The lowest BCUT2D eigenvalue weighted by Gasteiger charge is -1.99. The van der Waals surface area contributed by atoms with Gasteiger partial charge in [-0.05, 0) is 18.4 Å². The second-order valence-corrected chi connectivity index (χ2v) is 5.40. The number of carbonyl (C=O) groups excluding carboxylic acids is 1. The van der Waals surface area contributed by atoms with Gasteiger partial charge >= 0.3 is 0 Å². The molecule has 3 rings (SSSR count). The Morgan fingerprint density at radius 3 is 3.00 bits per heavy atom. The highest BCUT2D eigenvalue weighted by Crippen LogP contribution is 2.15. The van der Waals surface area contributed by atoms with E-state index < -0.39 is 0 Å². The highest BCUT2D eigenvalue weighted by molar-refractivity contribution is 7.10. The van der Waals surface area contributed by atoms with Crippen molar-refractivity contribution in [3.8, 4) is 11.5 Å². The van der Waals surface area contributed by atoms with E-state index in [1.165, 1.54) is 0 Å². The van der Waals surface area contributed by atoms with Crippen molar-refractivity contribution in [1.29, 1.82) is 0 Å². The molecule has 1 N–H and O–H groups in total. The Morgan fingerprint density at radius 2 is 2.29 bits per heavy atom. The van der Waals surface area contributed by atoms with Crippen LogP contribution in [0.3, 0.4) is 0 Å². The second kappa shape index (κ2) is 5.88. The quantitative estimate of drug-likeness (QED) is 0.774. The molecule has 0 saturated heterocycles. The number of carbonyl (C=O) groups is 1. The molecule has 0 aliphatic rings. The van der Waals surface area contributed by atoms with Crippen molar-refractivity contribution in [3.63, 3.8) is 0 Å². The summed E-state index contributed by atoms with van der Waals surface area (Å²) in [6.07, 6.45) is 0.348. The fourth-order valence-electron chi connectivity index (χ4n) is 1.71. The normalized spacial score (nSPS) is 10.7. The highest BCUT2D eigenvalue weighted by Gasteiger charge is 2.13. The predicted octanol–water partition coefficient (Wildman–Crippen LogP) is 1.95. The molecule has 0 aliphatic carbocycles. The van der Waals surface area contributed by atoms with E-state index in [1.807, 2.05) is 17.5 Å². The maximum absolute atomic E-state index is 11.7. The molecular formula is C13H12N4O3S. The van der Waals surface area contributed by atoms with Crippen molar-refractivity contribution in [3.05, 3.63) is 40.1 Å². The van der Waals surface area contributed by atoms with E-state index in [0.717, 1.165) is 4.88 Å². The van der Waals surface area contributed by atoms with E-state index in [4.69, 9.17) is 9.05 Å². The van der Waals surface area contributed by atoms with Gasteiger partial charge in [-0.2, -0.15) is 4.98 Å². The van der Waals surface area contributed by atoms with Crippen LogP contribution in [0.5, 0.6) is 0 Å². The van der Waals surface area contributed by atoms with Crippen molar-refractivity contribution in [2.45, 2.75) is 19.9 Å². The summed E-state index contributed by atoms with van der Waals surface area (Å²) in [5.41, 5.74) is 0.507. The zero-order chi connectivity index (χ0) is 14.7. The summed E-state index contributed by atoms with van der Waals surface area (Å²) in [4.78, 5) is 16.9. The zero-order valence-corrected chi connectivity index (χ0v) is 12.0. The van der Waals surface area contributed by atoms with Gasteiger partial charge in [0.1, 0.15) is 5.76 Å². The van der Waals surface area contributed by atoms with E-state index in [0.29, 0.717) is 29.6 Å². The molecule has 0 aliphatic heterocycles. The lowest BCUT2D eigenvalue weighted by Crippen LogP contribution is -2.24. The molecule has 8 heteroatoms. The van der Waals surface area contributed by atoms with Gasteiger partial charge in [-0.15, -0.1) is 11.3 Å². The third kappa shape index (κ3) is 3.34. The third-order valence-corrected chi connectivity index (χ3v) is 3.55. The summed E-state index contributed by atoms with van der Waals surface area (Å²) in [5.74, 6) is 1.25. The Labute approximate surface area is 124 Å². The zero-order valence-electron chi connectivity index (χ0n) is 11.2. The Morgan fingerprint density at radius 1 is 1.38 bits per heavy atom. The van der Waals surface area contributed by atoms with Crippen molar-refractivity contribution in [2.75, 3.05) is 0 Å². The Hall–Kier alpha value is -2.48. The molecule has 0 aromatic carbocycles. The van der Waals surface area contributed by atoms with E-state index >= 15 is 0 Å². The van der Waals surface area contributed by atoms with Crippen molar-refractivity contribution in [1.82, 2.24) is 20.6 Å². The molecule has 108 valence electrons. The van der Waals surface area contributed by atoms with Crippen LogP contribution in [0.15, 0.2) is 32.6 Å². The minimum atomic E-state index is -0.0884. The van der Waals surface area contributed by atoms with Crippen LogP contribution in [0.4, 0.5) is 0 Å². The van der Waals surface area contributed by atoms with Gasteiger partial charge in [0.25, 0.3) is 0 Å². The Kier molecular flexibility index (Phi) is 3.78. The minimum Gasteiger partial charge on any atom is -0.361 e. The fourth-order valence-corrected chi connectivity index (χ4v) is 2.41. The fraction of sp³-hybridized carbons (Fsp3) is 0.231. The number of thiophene rings is 1. The SMILES string of the molecule is Cc1cc(-c2noc(CNC(=O)Cc3cccs3)n2)no1. The van der Waals surface area contributed by atoms with E-state index in [1.54, 1.807) is 24.3 Å². The first-order chi connectivity index (χ1) is 10.2. The topological polar surface area (TPSA) is 94.1 Å². The molecule has 0 spiro atoms. The van der Waals surface area contributed by atoms with Gasteiger partial charge in [0.05, 0.1) is 13.0 Å². The monoisotopic (exact) mass is 304 g/mol. The molecule has 3 aromatic heterocycles. The smallest absolute Gasteiger partial charge is 0.246 e. The standard InChI is InChI=1S/C13H12N4O3S/c1-8-5-10(16-19-8)13-15-12(20-17-13)7-14-11(18)6-9-3-2-4-21-9/h2-5H,6-7H2,1H3,(H,14,18). The van der Waals surface area contributed by atoms with E-state index in [-0.39, 0.29) is 12.5 Å². The highest BCUT2D eigenvalue weighted by atomic mass is 32.1. The van der Waals surface area contributed by atoms with E-state index in [9.17, 15) is 4.79 Å². The molecule has 0 fully saturated rings. The van der Waals surface area contributed by atoms with Crippen LogP contribution in [-0.4, -0.2) is 21.2 Å². The van der Waals surface area contributed by atoms with Gasteiger partial charge in [-0.3, -0.25) is 4.79 Å².